The van der Waals surface area contributed by atoms with Gasteiger partial charge in [0.15, 0.2) is 0 Å². The highest BCUT2D eigenvalue weighted by Crippen LogP contribution is 2.27. The molecule has 1 unspecified atom stereocenters. The monoisotopic (exact) mass is 378 g/mol. The minimum Gasteiger partial charge on any atom is -0.469 e. The molecule has 0 aromatic heterocycles. The summed E-state index contributed by atoms with van der Waals surface area (Å²) < 4.78 is 32.4. The average Bonchev–Trinajstić information content (AvgIpc) is 2.61. The third kappa shape index (κ3) is 4.79. The zero-order chi connectivity index (χ0) is 18.4. The van der Waals surface area contributed by atoms with Crippen LogP contribution in [0.1, 0.15) is 23.6 Å². The van der Waals surface area contributed by atoms with Crippen LogP contribution in [0.4, 0.5) is 0 Å². The van der Waals surface area contributed by atoms with E-state index in [2.05, 4.69) is 9.46 Å². The number of nitrogens with one attached hydrogen (secondary N) is 1. The number of esters is 1. The molecule has 0 bridgehead atoms. The van der Waals surface area contributed by atoms with Crippen molar-refractivity contribution < 1.29 is 17.9 Å². The van der Waals surface area contributed by atoms with E-state index in [-0.39, 0.29) is 16.9 Å². The fourth-order valence-corrected chi connectivity index (χ4v) is 3.74. The van der Waals surface area contributed by atoms with E-state index in [0.717, 1.165) is 0 Å². The molecule has 0 spiro atoms. The fourth-order valence-electron chi connectivity index (χ4n) is 2.21. The van der Waals surface area contributed by atoms with Gasteiger partial charge >= 0.3 is 5.97 Å². The summed E-state index contributed by atoms with van der Waals surface area (Å²) in [6.45, 7) is 0. The first kappa shape index (κ1) is 18.9. The molecule has 25 heavy (non-hydrogen) atoms. The lowest BCUT2D eigenvalue weighted by Crippen LogP contribution is -2.30. The van der Waals surface area contributed by atoms with Crippen LogP contribution < -0.4 is 4.72 Å². The molecule has 0 heterocycles. The Kier molecular flexibility index (Phi) is 6.15. The molecule has 0 aliphatic rings. The molecule has 2 aromatic rings. The SMILES string of the molecule is COC(=O)CC(NS(=O)(=O)c1cccc(C#N)c1)c1ccccc1Cl. The van der Waals surface area contributed by atoms with Crippen LogP contribution in [0.5, 0.6) is 0 Å². The van der Waals surface area contributed by atoms with Crippen LogP contribution in [0.25, 0.3) is 0 Å². The fraction of sp³-hybridized carbons (Fsp3) is 0.176. The summed E-state index contributed by atoms with van der Waals surface area (Å²) >= 11 is 6.14. The number of methoxy groups -OCH3 is 1. The molecule has 2 aromatic carbocycles. The maximum absolute atomic E-state index is 12.6. The van der Waals surface area contributed by atoms with Crippen molar-refractivity contribution in [2.45, 2.75) is 17.4 Å². The molecule has 0 saturated heterocycles. The molecule has 2 rings (SSSR count). The van der Waals surface area contributed by atoms with E-state index in [1.54, 1.807) is 24.3 Å². The number of nitriles is 1. The van der Waals surface area contributed by atoms with Gasteiger partial charge in [0, 0.05) is 5.02 Å². The highest BCUT2D eigenvalue weighted by atomic mass is 35.5. The number of ether oxygens (including phenoxy) is 1. The number of carbonyl (C=O) groups excluding carboxylic acids is 1. The van der Waals surface area contributed by atoms with E-state index in [9.17, 15) is 13.2 Å². The Balaban J connectivity index is 2.40. The topological polar surface area (TPSA) is 96.3 Å². The molecule has 0 radical (unpaired) electrons. The van der Waals surface area contributed by atoms with Crippen LogP contribution in [0, 0.1) is 11.3 Å². The third-order valence-corrected chi connectivity index (χ3v) is 5.26. The lowest BCUT2D eigenvalue weighted by molar-refractivity contribution is -0.141. The van der Waals surface area contributed by atoms with Gasteiger partial charge in [0.1, 0.15) is 0 Å². The molecule has 0 aliphatic carbocycles. The summed E-state index contributed by atoms with van der Waals surface area (Å²) in [7, 11) is -2.76. The van der Waals surface area contributed by atoms with Crippen molar-refractivity contribution in [3.05, 3.63) is 64.7 Å². The summed E-state index contributed by atoms with van der Waals surface area (Å²) in [5, 5.41) is 9.26. The number of nitrogens with zero attached hydrogens (tertiary/aromatic N) is 1. The third-order valence-electron chi connectivity index (χ3n) is 3.45. The summed E-state index contributed by atoms with van der Waals surface area (Å²) in [6, 6.07) is 13.2. The Bertz CT molecular complexity index is 922. The van der Waals surface area contributed by atoms with Gasteiger partial charge in [0.05, 0.1) is 36.1 Å². The number of hydrogen-bond acceptors (Lipinski definition) is 5. The predicted octanol–water partition coefficient (Wildman–Crippen LogP) is 2.79. The number of halogens is 1. The maximum atomic E-state index is 12.6. The van der Waals surface area contributed by atoms with E-state index in [1.807, 2.05) is 6.07 Å². The molecule has 6 nitrogen and oxygen atoms in total. The van der Waals surface area contributed by atoms with Crippen LogP contribution in [0.2, 0.25) is 5.02 Å². The second-order valence-electron chi connectivity index (χ2n) is 5.12. The molecule has 0 amide bonds. The second-order valence-corrected chi connectivity index (χ2v) is 7.24. The number of hydrogen-bond donors (Lipinski definition) is 1. The molecule has 0 aliphatic heterocycles. The predicted molar refractivity (Wildman–Crippen MR) is 92.3 cm³/mol. The first-order chi connectivity index (χ1) is 11.9. The molecule has 1 atom stereocenters. The number of rotatable bonds is 6. The molecular formula is C17H15ClN2O4S. The summed E-state index contributed by atoms with van der Waals surface area (Å²) in [5.41, 5.74) is 0.666. The van der Waals surface area contributed by atoms with Gasteiger partial charge < -0.3 is 4.74 Å². The van der Waals surface area contributed by atoms with Gasteiger partial charge in [-0.3, -0.25) is 4.79 Å². The van der Waals surface area contributed by atoms with Crippen LogP contribution in [0.15, 0.2) is 53.4 Å². The van der Waals surface area contributed by atoms with Crippen LogP contribution in [0.3, 0.4) is 0 Å². The van der Waals surface area contributed by atoms with Gasteiger partial charge in [-0.1, -0.05) is 35.9 Å². The van der Waals surface area contributed by atoms with Gasteiger partial charge in [0.2, 0.25) is 10.0 Å². The highest BCUT2D eigenvalue weighted by Gasteiger charge is 2.25. The van der Waals surface area contributed by atoms with Crippen molar-refractivity contribution in [3.8, 4) is 6.07 Å². The van der Waals surface area contributed by atoms with Crippen molar-refractivity contribution in [1.82, 2.24) is 4.72 Å². The molecule has 1 N–H and O–H groups in total. The van der Waals surface area contributed by atoms with Crippen molar-refractivity contribution in [2.24, 2.45) is 0 Å². The number of benzene rings is 2. The number of carbonyl (C=O) groups is 1. The van der Waals surface area contributed by atoms with E-state index < -0.39 is 22.0 Å². The Hall–Kier alpha value is -2.40. The van der Waals surface area contributed by atoms with E-state index in [4.69, 9.17) is 16.9 Å². The van der Waals surface area contributed by atoms with Gasteiger partial charge in [-0.05, 0) is 29.8 Å². The first-order valence-corrected chi connectivity index (χ1v) is 9.07. The lowest BCUT2D eigenvalue weighted by Gasteiger charge is -2.19. The van der Waals surface area contributed by atoms with Crippen LogP contribution in [-0.2, 0) is 19.6 Å². The van der Waals surface area contributed by atoms with Gasteiger partial charge in [0.25, 0.3) is 0 Å². The smallest absolute Gasteiger partial charge is 0.307 e. The minimum absolute atomic E-state index is 0.0755. The normalized spacial score (nSPS) is 12.2. The van der Waals surface area contributed by atoms with Gasteiger partial charge in [-0.25, -0.2) is 13.1 Å². The number of sulfonamides is 1. The van der Waals surface area contributed by atoms with Crippen LogP contribution in [-0.4, -0.2) is 21.5 Å². The quantitative estimate of drug-likeness (QED) is 0.779. The Morgan fingerprint density at radius 1 is 1.28 bits per heavy atom. The second kappa shape index (κ2) is 8.12. The first-order valence-electron chi connectivity index (χ1n) is 7.21. The summed E-state index contributed by atoms with van der Waals surface area (Å²) in [5.74, 6) is -0.585. The van der Waals surface area contributed by atoms with Crippen LogP contribution >= 0.6 is 11.6 Å². The Labute approximate surface area is 151 Å². The zero-order valence-electron chi connectivity index (χ0n) is 13.3. The standard InChI is InChI=1S/C17H15ClN2O4S/c1-24-17(21)10-16(14-7-2-3-8-15(14)18)20-25(22,23)13-6-4-5-12(9-13)11-19/h2-9,16,20H,10H2,1H3. The maximum Gasteiger partial charge on any atom is 0.307 e. The summed E-state index contributed by atoms with van der Waals surface area (Å²) in [6.07, 6.45) is -0.225. The van der Waals surface area contributed by atoms with Crippen molar-refractivity contribution in [1.29, 1.82) is 5.26 Å². The van der Waals surface area contributed by atoms with Gasteiger partial charge in [-0.2, -0.15) is 5.26 Å². The molecular weight excluding hydrogens is 364 g/mol. The van der Waals surface area contributed by atoms with E-state index in [1.165, 1.54) is 31.4 Å². The van der Waals surface area contributed by atoms with Crippen molar-refractivity contribution >= 4 is 27.6 Å². The van der Waals surface area contributed by atoms with Crippen molar-refractivity contribution in [2.75, 3.05) is 7.11 Å². The molecule has 0 fully saturated rings. The van der Waals surface area contributed by atoms with E-state index in [0.29, 0.717) is 10.6 Å². The lowest BCUT2D eigenvalue weighted by atomic mass is 10.1. The Morgan fingerprint density at radius 2 is 2.00 bits per heavy atom. The zero-order valence-corrected chi connectivity index (χ0v) is 14.8. The molecule has 130 valence electrons. The highest BCUT2D eigenvalue weighted by molar-refractivity contribution is 7.89. The summed E-state index contributed by atoms with van der Waals surface area (Å²) in [4.78, 5) is 11.6. The molecule has 0 saturated carbocycles. The van der Waals surface area contributed by atoms with Crippen molar-refractivity contribution in [3.63, 3.8) is 0 Å². The Morgan fingerprint density at radius 3 is 2.64 bits per heavy atom. The minimum atomic E-state index is -3.98. The van der Waals surface area contributed by atoms with Gasteiger partial charge in [-0.15, -0.1) is 0 Å². The average molecular weight is 379 g/mol. The largest absolute Gasteiger partial charge is 0.469 e. The van der Waals surface area contributed by atoms with E-state index >= 15 is 0 Å². The molecule has 8 heteroatoms.